The molecule has 0 unspecified atom stereocenters. The second kappa shape index (κ2) is 6.25. The molecule has 2 N–H and O–H groups in total. The number of benzene rings is 1. The van der Waals surface area contributed by atoms with Gasteiger partial charge in [0.1, 0.15) is 11.9 Å². The van der Waals surface area contributed by atoms with Crippen molar-refractivity contribution < 1.29 is 14.3 Å². The third-order valence-corrected chi connectivity index (χ3v) is 2.94. The quantitative estimate of drug-likeness (QED) is 0.667. The number of ether oxygens (including phenoxy) is 2. The van der Waals surface area contributed by atoms with Gasteiger partial charge in [-0.3, -0.25) is 0 Å². The third kappa shape index (κ3) is 3.13. The van der Waals surface area contributed by atoms with Crippen LogP contribution in [0.4, 0.5) is 5.69 Å². The Bertz CT molecular complexity index is 637. The summed E-state index contributed by atoms with van der Waals surface area (Å²) in [5.74, 6) is 0.381. The van der Waals surface area contributed by atoms with Crippen molar-refractivity contribution in [2.24, 2.45) is 0 Å². The van der Waals surface area contributed by atoms with Crippen molar-refractivity contribution in [1.82, 2.24) is 14.8 Å². The smallest absolute Gasteiger partial charge is 0.342 e. The molecule has 0 amide bonds. The van der Waals surface area contributed by atoms with Gasteiger partial charge in [0, 0.05) is 6.04 Å². The maximum atomic E-state index is 12.1. The van der Waals surface area contributed by atoms with Gasteiger partial charge in [-0.1, -0.05) is 6.07 Å². The minimum atomic E-state index is -0.516. The van der Waals surface area contributed by atoms with Crippen molar-refractivity contribution in [3.05, 3.63) is 35.9 Å². The summed E-state index contributed by atoms with van der Waals surface area (Å²) in [5, 5.41) is 4.08. The van der Waals surface area contributed by atoms with Gasteiger partial charge in [0.05, 0.1) is 12.8 Å². The van der Waals surface area contributed by atoms with E-state index in [1.54, 1.807) is 22.9 Å². The molecular formula is C14H18N4O3. The highest BCUT2D eigenvalue weighted by Gasteiger charge is 2.17. The number of para-hydroxylation sites is 1. The van der Waals surface area contributed by atoms with Crippen molar-refractivity contribution >= 4 is 11.7 Å². The van der Waals surface area contributed by atoms with Crippen molar-refractivity contribution in [2.75, 3.05) is 12.8 Å². The molecule has 2 aromatic rings. The predicted molar refractivity (Wildman–Crippen MR) is 76.9 cm³/mol. The van der Waals surface area contributed by atoms with Crippen molar-refractivity contribution in [1.29, 1.82) is 0 Å². The fourth-order valence-corrected chi connectivity index (χ4v) is 1.96. The standard InChI is InChI=1S/C14H18N4O3/c1-9(2)18-12(16-8-17-18)7-21-14(19)10-5-4-6-11(15)13(10)20-3/h4-6,8-9H,7,15H2,1-3H3. The molecule has 112 valence electrons. The van der Waals surface area contributed by atoms with E-state index in [0.29, 0.717) is 17.3 Å². The molecular weight excluding hydrogens is 272 g/mol. The maximum Gasteiger partial charge on any atom is 0.342 e. The van der Waals surface area contributed by atoms with Crippen LogP contribution in [0.5, 0.6) is 5.75 Å². The number of hydrogen-bond donors (Lipinski definition) is 1. The molecule has 0 aliphatic rings. The van der Waals surface area contributed by atoms with E-state index in [9.17, 15) is 4.79 Å². The van der Waals surface area contributed by atoms with Crippen molar-refractivity contribution in [3.8, 4) is 5.75 Å². The molecule has 0 bridgehead atoms. The van der Waals surface area contributed by atoms with Gasteiger partial charge in [-0.05, 0) is 26.0 Å². The summed E-state index contributed by atoms with van der Waals surface area (Å²) in [6.07, 6.45) is 1.43. The highest BCUT2D eigenvalue weighted by molar-refractivity contribution is 5.94. The van der Waals surface area contributed by atoms with Crippen LogP contribution >= 0.6 is 0 Å². The Kier molecular flexibility index (Phi) is 4.42. The molecule has 1 heterocycles. The zero-order valence-electron chi connectivity index (χ0n) is 12.2. The zero-order chi connectivity index (χ0) is 15.4. The second-order valence-electron chi connectivity index (χ2n) is 4.72. The number of methoxy groups -OCH3 is 1. The minimum absolute atomic E-state index is 0.0367. The monoisotopic (exact) mass is 290 g/mol. The molecule has 0 atom stereocenters. The topological polar surface area (TPSA) is 92.3 Å². The van der Waals surface area contributed by atoms with Gasteiger partial charge in [0.15, 0.2) is 18.2 Å². The zero-order valence-corrected chi connectivity index (χ0v) is 12.2. The number of nitrogens with two attached hydrogens (primary N) is 1. The fraction of sp³-hybridized carbons (Fsp3) is 0.357. The molecule has 0 saturated heterocycles. The van der Waals surface area contributed by atoms with Crippen LogP contribution in [0.15, 0.2) is 24.5 Å². The lowest BCUT2D eigenvalue weighted by Gasteiger charge is -2.12. The van der Waals surface area contributed by atoms with Crippen LogP contribution in [0.2, 0.25) is 0 Å². The molecule has 1 aromatic heterocycles. The van der Waals surface area contributed by atoms with Gasteiger partial charge < -0.3 is 15.2 Å². The van der Waals surface area contributed by atoms with Gasteiger partial charge >= 0.3 is 5.97 Å². The molecule has 0 spiro atoms. The van der Waals surface area contributed by atoms with Gasteiger partial charge in [0.2, 0.25) is 0 Å². The van der Waals surface area contributed by atoms with Crippen LogP contribution < -0.4 is 10.5 Å². The average Bonchev–Trinajstić information content (AvgIpc) is 2.93. The number of hydrogen-bond acceptors (Lipinski definition) is 6. The number of aromatic nitrogens is 3. The number of carbonyl (C=O) groups excluding carboxylic acids is 1. The van der Waals surface area contributed by atoms with Crippen LogP contribution in [-0.2, 0) is 11.3 Å². The van der Waals surface area contributed by atoms with Gasteiger partial charge in [-0.15, -0.1) is 0 Å². The summed E-state index contributed by atoms with van der Waals surface area (Å²) in [6, 6.07) is 5.07. The molecule has 0 fully saturated rings. The van der Waals surface area contributed by atoms with Crippen LogP contribution in [0.3, 0.4) is 0 Å². The lowest BCUT2D eigenvalue weighted by molar-refractivity contribution is 0.0451. The minimum Gasteiger partial charge on any atom is -0.494 e. The SMILES string of the molecule is COc1c(N)cccc1C(=O)OCc1ncnn1C(C)C. The van der Waals surface area contributed by atoms with Crippen LogP contribution in [-0.4, -0.2) is 27.8 Å². The summed E-state index contributed by atoms with van der Waals surface area (Å²) < 4.78 is 12.1. The highest BCUT2D eigenvalue weighted by atomic mass is 16.5. The number of nitrogen functional groups attached to an aromatic ring is 1. The van der Waals surface area contributed by atoms with E-state index in [1.807, 2.05) is 13.8 Å². The molecule has 0 aliphatic heterocycles. The Labute approximate surface area is 122 Å². The van der Waals surface area contributed by atoms with E-state index in [0.717, 1.165) is 0 Å². The molecule has 21 heavy (non-hydrogen) atoms. The van der Waals surface area contributed by atoms with E-state index in [2.05, 4.69) is 10.1 Å². The molecule has 0 radical (unpaired) electrons. The van der Waals surface area contributed by atoms with E-state index >= 15 is 0 Å². The van der Waals surface area contributed by atoms with Gasteiger partial charge in [-0.2, -0.15) is 5.10 Å². The Balaban J connectivity index is 2.12. The first-order valence-electron chi connectivity index (χ1n) is 6.52. The predicted octanol–water partition coefficient (Wildman–Crippen LogP) is 1.81. The van der Waals surface area contributed by atoms with E-state index in [4.69, 9.17) is 15.2 Å². The second-order valence-corrected chi connectivity index (χ2v) is 4.72. The number of carbonyl (C=O) groups is 1. The summed E-state index contributed by atoms with van der Waals surface area (Å²) in [6.45, 7) is 3.98. The highest BCUT2D eigenvalue weighted by Crippen LogP contribution is 2.26. The lowest BCUT2D eigenvalue weighted by Crippen LogP contribution is -2.13. The number of nitrogens with zero attached hydrogens (tertiary/aromatic N) is 3. The summed E-state index contributed by atoms with van der Waals surface area (Å²) >= 11 is 0. The molecule has 7 heteroatoms. The Morgan fingerprint density at radius 1 is 1.43 bits per heavy atom. The number of anilines is 1. The Hall–Kier alpha value is -2.57. The largest absolute Gasteiger partial charge is 0.494 e. The molecule has 2 rings (SSSR count). The van der Waals surface area contributed by atoms with Crippen molar-refractivity contribution in [2.45, 2.75) is 26.5 Å². The van der Waals surface area contributed by atoms with Crippen LogP contribution in [0.1, 0.15) is 36.1 Å². The summed E-state index contributed by atoms with van der Waals surface area (Å²) in [4.78, 5) is 16.2. The first kappa shape index (κ1) is 14.8. The van der Waals surface area contributed by atoms with Gasteiger partial charge in [-0.25, -0.2) is 14.5 Å². The van der Waals surface area contributed by atoms with Crippen LogP contribution in [0.25, 0.3) is 0 Å². The first-order valence-corrected chi connectivity index (χ1v) is 6.52. The van der Waals surface area contributed by atoms with Crippen LogP contribution in [0, 0.1) is 0 Å². The Morgan fingerprint density at radius 3 is 2.86 bits per heavy atom. The fourth-order valence-electron chi connectivity index (χ4n) is 1.96. The van der Waals surface area contributed by atoms with E-state index < -0.39 is 5.97 Å². The molecule has 7 nitrogen and oxygen atoms in total. The van der Waals surface area contributed by atoms with E-state index in [-0.39, 0.29) is 18.2 Å². The maximum absolute atomic E-state index is 12.1. The molecule has 1 aromatic carbocycles. The van der Waals surface area contributed by atoms with Crippen molar-refractivity contribution in [3.63, 3.8) is 0 Å². The number of esters is 1. The molecule has 0 saturated carbocycles. The Morgan fingerprint density at radius 2 is 2.19 bits per heavy atom. The van der Waals surface area contributed by atoms with Gasteiger partial charge in [0.25, 0.3) is 0 Å². The van der Waals surface area contributed by atoms with E-state index in [1.165, 1.54) is 13.4 Å². The third-order valence-electron chi connectivity index (χ3n) is 2.94. The lowest BCUT2D eigenvalue weighted by atomic mass is 10.2. The summed E-state index contributed by atoms with van der Waals surface area (Å²) in [7, 11) is 1.46. The summed E-state index contributed by atoms with van der Waals surface area (Å²) in [5.41, 5.74) is 6.44. The first-order chi connectivity index (χ1) is 10.0. The normalized spacial score (nSPS) is 10.7. The average molecular weight is 290 g/mol. The number of rotatable bonds is 5. The molecule has 0 aliphatic carbocycles.